The van der Waals surface area contributed by atoms with E-state index >= 15 is 0 Å². The van der Waals surface area contributed by atoms with Crippen molar-refractivity contribution >= 4 is 5.95 Å². The fraction of sp³-hybridized carbons (Fsp3) is 0.700. The Morgan fingerprint density at radius 1 is 1.64 bits per heavy atom. The van der Waals surface area contributed by atoms with Crippen molar-refractivity contribution in [3.63, 3.8) is 0 Å². The monoisotopic (exact) mass is 195 g/mol. The number of ether oxygens (including phenoxy) is 1. The summed E-state index contributed by atoms with van der Waals surface area (Å²) in [5.41, 5.74) is 6.93. The van der Waals surface area contributed by atoms with Crippen LogP contribution in [0.3, 0.4) is 0 Å². The van der Waals surface area contributed by atoms with Gasteiger partial charge in [0.25, 0.3) is 0 Å². The van der Waals surface area contributed by atoms with E-state index in [0.717, 1.165) is 25.1 Å². The molecule has 0 bridgehead atoms. The molecule has 1 aliphatic heterocycles. The summed E-state index contributed by atoms with van der Waals surface area (Å²) < 4.78 is 7.68. The van der Waals surface area contributed by atoms with E-state index in [1.165, 1.54) is 0 Å². The van der Waals surface area contributed by atoms with Gasteiger partial charge in [-0.15, -0.1) is 0 Å². The number of nitrogens with zero attached hydrogens (tertiary/aromatic N) is 2. The zero-order valence-electron chi connectivity index (χ0n) is 8.73. The van der Waals surface area contributed by atoms with Gasteiger partial charge in [0.2, 0.25) is 5.95 Å². The Kier molecular flexibility index (Phi) is 2.46. The lowest BCUT2D eigenvalue weighted by atomic mass is 10.2. The number of aromatic nitrogens is 2. The minimum Gasteiger partial charge on any atom is -0.372 e. The van der Waals surface area contributed by atoms with Crippen LogP contribution in [0.15, 0.2) is 6.20 Å². The maximum Gasteiger partial charge on any atom is 0.200 e. The fourth-order valence-corrected chi connectivity index (χ4v) is 2.00. The minimum absolute atomic E-state index is 0.196. The number of hydrogen-bond donors (Lipinski definition) is 1. The molecular weight excluding hydrogens is 178 g/mol. The van der Waals surface area contributed by atoms with E-state index in [9.17, 15) is 0 Å². The topological polar surface area (TPSA) is 53.1 Å². The molecule has 1 fully saturated rings. The number of imidazole rings is 1. The molecular formula is C10H17N3O. The van der Waals surface area contributed by atoms with Crippen LogP contribution in [0.2, 0.25) is 0 Å². The molecule has 2 rings (SSSR count). The molecule has 14 heavy (non-hydrogen) atoms. The van der Waals surface area contributed by atoms with Crippen molar-refractivity contribution in [3.8, 4) is 0 Å². The van der Waals surface area contributed by atoms with E-state index in [0.29, 0.717) is 12.0 Å². The van der Waals surface area contributed by atoms with Crippen LogP contribution >= 0.6 is 0 Å². The van der Waals surface area contributed by atoms with Gasteiger partial charge < -0.3 is 15.0 Å². The van der Waals surface area contributed by atoms with Gasteiger partial charge in [-0.2, -0.15) is 0 Å². The third-order valence-corrected chi connectivity index (χ3v) is 2.63. The van der Waals surface area contributed by atoms with Crippen LogP contribution in [0.25, 0.3) is 0 Å². The number of nitrogens with two attached hydrogens (primary N) is 1. The molecule has 1 aromatic heterocycles. The Hall–Kier alpha value is -1.03. The van der Waals surface area contributed by atoms with Gasteiger partial charge in [-0.1, -0.05) is 0 Å². The van der Waals surface area contributed by atoms with Gasteiger partial charge >= 0.3 is 0 Å². The van der Waals surface area contributed by atoms with Crippen LogP contribution < -0.4 is 5.73 Å². The van der Waals surface area contributed by atoms with Crippen LogP contribution in [-0.4, -0.2) is 16.2 Å². The molecule has 0 amide bonds. The molecule has 0 spiro atoms. The van der Waals surface area contributed by atoms with Crippen LogP contribution in [0.4, 0.5) is 5.95 Å². The van der Waals surface area contributed by atoms with Gasteiger partial charge in [0.15, 0.2) is 0 Å². The second-order valence-electron chi connectivity index (χ2n) is 4.01. The maximum absolute atomic E-state index is 5.81. The summed E-state index contributed by atoms with van der Waals surface area (Å²) in [4.78, 5) is 4.14. The lowest BCUT2D eigenvalue weighted by Crippen LogP contribution is -2.12. The zero-order chi connectivity index (χ0) is 10.1. The van der Waals surface area contributed by atoms with Crippen molar-refractivity contribution in [1.82, 2.24) is 9.55 Å². The normalized spacial score (nSPS) is 22.1. The van der Waals surface area contributed by atoms with E-state index in [2.05, 4.69) is 23.4 Å². The SMILES string of the molecule is CC(C)n1c(C2CCCO2)cnc1N. The van der Waals surface area contributed by atoms with Gasteiger partial charge in [-0.25, -0.2) is 4.98 Å². The Morgan fingerprint density at radius 2 is 2.43 bits per heavy atom. The van der Waals surface area contributed by atoms with Gasteiger partial charge in [-0.05, 0) is 26.7 Å². The van der Waals surface area contributed by atoms with Crippen molar-refractivity contribution < 1.29 is 4.74 Å². The van der Waals surface area contributed by atoms with E-state index in [1.807, 2.05) is 6.20 Å². The summed E-state index contributed by atoms with van der Waals surface area (Å²) in [7, 11) is 0. The van der Waals surface area contributed by atoms with E-state index in [4.69, 9.17) is 10.5 Å². The molecule has 1 aromatic rings. The maximum atomic E-state index is 5.81. The van der Waals surface area contributed by atoms with Crippen molar-refractivity contribution in [2.24, 2.45) is 0 Å². The third-order valence-electron chi connectivity index (χ3n) is 2.63. The van der Waals surface area contributed by atoms with E-state index in [-0.39, 0.29) is 6.10 Å². The van der Waals surface area contributed by atoms with Crippen molar-refractivity contribution in [3.05, 3.63) is 11.9 Å². The zero-order valence-corrected chi connectivity index (χ0v) is 8.73. The van der Waals surface area contributed by atoms with Crippen LogP contribution in [0.1, 0.15) is 44.5 Å². The summed E-state index contributed by atoms with van der Waals surface area (Å²) in [5, 5.41) is 0. The molecule has 0 saturated carbocycles. The Morgan fingerprint density at radius 3 is 3.00 bits per heavy atom. The second-order valence-corrected chi connectivity index (χ2v) is 4.01. The first kappa shape index (κ1) is 9.52. The smallest absolute Gasteiger partial charge is 0.200 e. The molecule has 2 N–H and O–H groups in total. The number of anilines is 1. The average Bonchev–Trinajstić information content (AvgIpc) is 2.70. The molecule has 1 aliphatic rings. The highest BCUT2D eigenvalue weighted by atomic mass is 16.5. The first-order valence-corrected chi connectivity index (χ1v) is 5.14. The first-order valence-electron chi connectivity index (χ1n) is 5.14. The predicted molar refractivity (Wildman–Crippen MR) is 55.0 cm³/mol. The van der Waals surface area contributed by atoms with Crippen molar-refractivity contribution in [2.75, 3.05) is 12.3 Å². The highest BCUT2D eigenvalue weighted by Crippen LogP contribution is 2.31. The average molecular weight is 195 g/mol. The lowest BCUT2D eigenvalue weighted by Gasteiger charge is -2.17. The molecule has 0 radical (unpaired) electrons. The summed E-state index contributed by atoms with van der Waals surface area (Å²) in [5.74, 6) is 0.588. The molecule has 1 atom stereocenters. The largest absolute Gasteiger partial charge is 0.372 e. The number of rotatable bonds is 2. The third kappa shape index (κ3) is 1.50. The standard InChI is InChI=1S/C10H17N3O/c1-7(2)13-8(6-12-10(13)11)9-4-3-5-14-9/h6-7,9H,3-5H2,1-2H3,(H2,11,12). The van der Waals surface area contributed by atoms with Crippen LogP contribution in [-0.2, 0) is 4.74 Å². The second kappa shape index (κ2) is 3.61. The molecule has 2 heterocycles. The van der Waals surface area contributed by atoms with Crippen molar-refractivity contribution in [2.45, 2.75) is 38.8 Å². The lowest BCUT2D eigenvalue weighted by molar-refractivity contribution is 0.105. The Balaban J connectivity index is 2.32. The molecule has 4 nitrogen and oxygen atoms in total. The molecule has 4 heteroatoms. The molecule has 78 valence electrons. The van der Waals surface area contributed by atoms with Crippen molar-refractivity contribution in [1.29, 1.82) is 0 Å². The Labute approximate surface area is 84.1 Å². The summed E-state index contributed by atoms with van der Waals surface area (Å²) in [6.07, 6.45) is 4.25. The first-order chi connectivity index (χ1) is 6.70. The number of nitrogen functional groups attached to an aromatic ring is 1. The molecule has 0 aliphatic carbocycles. The van der Waals surface area contributed by atoms with E-state index < -0.39 is 0 Å². The molecule has 1 unspecified atom stereocenters. The molecule has 0 aromatic carbocycles. The minimum atomic E-state index is 0.196. The highest BCUT2D eigenvalue weighted by molar-refractivity contribution is 5.25. The fourth-order valence-electron chi connectivity index (χ4n) is 2.00. The van der Waals surface area contributed by atoms with Gasteiger partial charge in [0.05, 0.1) is 18.0 Å². The van der Waals surface area contributed by atoms with Crippen LogP contribution in [0, 0.1) is 0 Å². The summed E-state index contributed by atoms with van der Waals surface area (Å²) in [6, 6.07) is 0.344. The highest BCUT2D eigenvalue weighted by Gasteiger charge is 2.23. The quantitative estimate of drug-likeness (QED) is 0.784. The van der Waals surface area contributed by atoms with Crippen LogP contribution in [0.5, 0.6) is 0 Å². The summed E-state index contributed by atoms with van der Waals surface area (Å²) >= 11 is 0. The number of hydrogen-bond acceptors (Lipinski definition) is 3. The summed E-state index contributed by atoms with van der Waals surface area (Å²) in [6.45, 7) is 5.07. The van der Waals surface area contributed by atoms with Gasteiger partial charge in [0.1, 0.15) is 0 Å². The molecule has 1 saturated heterocycles. The Bertz CT molecular complexity index is 313. The van der Waals surface area contributed by atoms with E-state index in [1.54, 1.807) is 0 Å². The van der Waals surface area contributed by atoms with Gasteiger partial charge in [0, 0.05) is 12.6 Å². The predicted octanol–water partition coefficient (Wildman–Crippen LogP) is 1.90. The van der Waals surface area contributed by atoms with Gasteiger partial charge in [-0.3, -0.25) is 0 Å².